The number of rotatable bonds is 10. The van der Waals surface area contributed by atoms with Crippen LogP contribution in [0.15, 0.2) is 52.3 Å². The van der Waals surface area contributed by atoms with Crippen molar-refractivity contribution in [2.45, 2.75) is 75.0 Å². The van der Waals surface area contributed by atoms with Crippen LogP contribution in [0.2, 0.25) is 0 Å². The molecule has 2 aromatic rings. The van der Waals surface area contributed by atoms with Gasteiger partial charge in [0, 0.05) is 9.79 Å². The first-order chi connectivity index (χ1) is 11.7. The number of hydrogen-bond donors (Lipinski definition) is 1. The summed E-state index contributed by atoms with van der Waals surface area (Å²) in [5.41, 5.74) is 2.37. The second-order valence-electron chi connectivity index (χ2n) is 6.57. The van der Waals surface area contributed by atoms with Crippen LogP contribution in [0, 0.1) is 6.92 Å². The standard InChI is InChI=1S/C22H30OS/c1-3-4-5-6-7-8-9-10-19-11-13-20(14-12-19)24-21-15-16-22(23)18(2)17-21/h11-17,23H,3-10H2,1-2H3. The lowest BCUT2D eigenvalue weighted by atomic mass is 10.0. The molecule has 2 heteroatoms. The highest BCUT2D eigenvalue weighted by Gasteiger charge is 2.01. The van der Waals surface area contributed by atoms with Crippen molar-refractivity contribution in [1.82, 2.24) is 0 Å². The van der Waals surface area contributed by atoms with Crippen LogP contribution in [-0.4, -0.2) is 5.11 Å². The molecule has 0 amide bonds. The van der Waals surface area contributed by atoms with E-state index in [0.717, 1.165) is 5.56 Å². The molecule has 2 rings (SSSR count). The molecule has 0 aromatic heterocycles. The highest BCUT2D eigenvalue weighted by molar-refractivity contribution is 7.99. The fourth-order valence-electron chi connectivity index (χ4n) is 2.84. The van der Waals surface area contributed by atoms with Crippen LogP contribution in [0.5, 0.6) is 5.75 Å². The van der Waals surface area contributed by atoms with Gasteiger partial charge in [0.1, 0.15) is 5.75 Å². The molecule has 0 heterocycles. The Morgan fingerprint density at radius 2 is 1.42 bits per heavy atom. The number of aromatic hydroxyl groups is 1. The normalized spacial score (nSPS) is 10.9. The molecule has 0 aliphatic heterocycles. The lowest BCUT2D eigenvalue weighted by molar-refractivity contribution is 0.470. The van der Waals surface area contributed by atoms with E-state index in [2.05, 4.69) is 31.2 Å². The van der Waals surface area contributed by atoms with Gasteiger partial charge < -0.3 is 5.11 Å². The van der Waals surface area contributed by atoms with Crippen molar-refractivity contribution < 1.29 is 5.11 Å². The molecule has 1 N–H and O–H groups in total. The van der Waals surface area contributed by atoms with Crippen molar-refractivity contribution in [3.63, 3.8) is 0 Å². The molecule has 0 bridgehead atoms. The average Bonchev–Trinajstić information content (AvgIpc) is 2.59. The van der Waals surface area contributed by atoms with E-state index in [-0.39, 0.29) is 0 Å². The van der Waals surface area contributed by atoms with Gasteiger partial charge in [-0.05, 0) is 61.2 Å². The first-order valence-electron chi connectivity index (χ1n) is 9.25. The molecule has 0 saturated heterocycles. The maximum atomic E-state index is 9.60. The lowest BCUT2D eigenvalue weighted by Crippen LogP contribution is -1.86. The molecule has 0 radical (unpaired) electrons. The summed E-state index contributed by atoms with van der Waals surface area (Å²) in [6.45, 7) is 4.20. The molecule has 2 aromatic carbocycles. The van der Waals surface area contributed by atoms with Crippen LogP contribution in [0.3, 0.4) is 0 Å². The highest BCUT2D eigenvalue weighted by atomic mass is 32.2. The molecule has 0 atom stereocenters. The number of hydrogen-bond acceptors (Lipinski definition) is 2. The fourth-order valence-corrected chi connectivity index (χ4v) is 3.75. The first kappa shape index (κ1) is 18.9. The summed E-state index contributed by atoms with van der Waals surface area (Å²) in [7, 11) is 0. The van der Waals surface area contributed by atoms with Crippen molar-refractivity contribution in [1.29, 1.82) is 0 Å². The fraction of sp³-hybridized carbons (Fsp3) is 0.455. The van der Waals surface area contributed by atoms with Crippen LogP contribution in [0.25, 0.3) is 0 Å². The van der Waals surface area contributed by atoms with E-state index < -0.39 is 0 Å². The number of phenols is 1. The Morgan fingerprint density at radius 3 is 2.08 bits per heavy atom. The molecule has 0 saturated carbocycles. The topological polar surface area (TPSA) is 20.2 Å². The van der Waals surface area contributed by atoms with Gasteiger partial charge in [-0.1, -0.05) is 69.3 Å². The van der Waals surface area contributed by atoms with E-state index >= 15 is 0 Å². The second kappa shape index (κ2) is 10.5. The van der Waals surface area contributed by atoms with Crippen molar-refractivity contribution in [3.8, 4) is 5.75 Å². The van der Waals surface area contributed by atoms with Gasteiger partial charge in [0.25, 0.3) is 0 Å². The van der Waals surface area contributed by atoms with Crippen LogP contribution in [0.1, 0.15) is 63.0 Å². The summed E-state index contributed by atoms with van der Waals surface area (Å²) < 4.78 is 0. The summed E-state index contributed by atoms with van der Waals surface area (Å²) in [6, 6.07) is 14.7. The van der Waals surface area contributed by atoms with Gasteiger partial charge in [0.15, 0.2) is 0 Å². The second-order valence-corrected chi connectivity index (χ2v) is 7.71. The third-order valence-electron chi connectivity index (χ3n) is 4.40. The van der Waals surface area contributed by atoms with Crippen molar-refractivity contribution in [2.75, 3.05) is 0 Å². The van der Waals surface area contributed by atoms with E-state index in [4.69, 9.17) is 0 Å². The van der Waals surface area contributed by atoms with Crippen molar-refractivity contribution in [3.05, 3.63) is 53.6 Å². The third-order valence-corrected chi connectivity index (χ3v) is 5.39. The summed E-state index contributed by atoms with van der Waals surface area (Å²) >= 11 is 1.75. The molecule has 0 fully saturated rings. The van der Waals surface area contributed by atoms with Gasteiger partial charge in [-0.2, -0.15) is 0 Å². The molecule has 0 spiro atoms. The van der Waals surface area contributed by atoms with Gasteiger partial charge in [-0.15, -0.1) is 0 Å². The molecule has 0 aliphatic rings. The zero-order valence-corrected chi connectivity index (χ0v) is 15.9. The molecule has 0 unspecified atom stereocenters. The number of unbranched alkanes of at least 4 members (excludes halogenated alkanes) is 6. The molecule has 24 heavy (non-hydrogen) atoms. The van der Waals surface area contributed by atoms with Gasteiger partial charge in [0.05, 0.1) is 0 Å². The van der Waals surface area contributed by atoms with Gasteiger partial charge in [0.2, 0.25) is 0 Å². The smallest absolute Gasteiger partial charge is 0.118 e. The number of benzene rings is 2. The van der Waals surface area contributed by atoms with Crippen LogP contribution in [-0.2, 0) is 6.42 Å². The Kier molecular flexibility index (Phi) is 8.24. The number of phenolic OH excluding ortho intramolecular Hbond substituents is 1. The van der Waals surface area contributed by atoms with E-state index in [9.17, 15) is 5.11 Å². The zero-order chi connectivity index (χ0) is 17.2. The Labute approximate surface area is 151 Å². The van der Waals surface area contributed by atoms with Gasteiger partial charge in [-0.25, -0.2) is 0 Å². The first-order valence-corrected chi connectivity index (χ1v) is 10.1. The Hall–Kier alpha value is -1.41. The predicted molar refractivity (Wildman–Crippen MR) is 105 cm³/mol. The summed E-state index contributed by atoms with van der Waals surface area (Å²) in [5, 5.41) is 9.60. The van der Waals surface area contributed by atoms with Gasteiger partial charge >= 0.3 is 0 Å². The lowest BCUT2D eigenvalue weighted by Gasteiger charge is -2.06. The minimum absolute atomic E-state index is 0.365. The maximum Gasteiger partial charge on any atom is 0.118 e. The summed E-state index contributed by atoms with van der Waals surface area (Å²) in [5.74, 6) is 0.365. The molecule has 0 aliphatic carbocycles. The third kappa shape index (κ3) is 6.60. The van der Waals surface area contributed by atoms with E-state index in [1.807, 2.05) is 19.1 Å². The van der Waals surface area contributed by atoms with Gasteiger partial charge in [-0.3, -0.25) is 0 Å². The molecule has 130 valence electrons. The maximum absolute atomic E-state index is 9.60. The van der Waals surface area contributed by atoms with E-state index in [1.54, 1.807) is 17.8 Å². The quantitative estimate of drug-likeness (QED) is 0.463. The summed E-state index contributed by atoms with van der Waals surface area (Å²) in [4.78, 5) is 2.42. The average molecular weight is 343 g/mol. The molecular formula is C22H30OS. The van der Waals surface area contributed by atoms with E-state index in [0.29, 0.717) is 5.75 Å². The highest BCUT2D eigenvalue weighted by Crippen LogP contribution is 2.30. The Bertz CT molecular complexity index is 604. The monoisotopic (exact) mass is 342 g/mol. The van der Waals surface area contributed by atoms with E-state index in [1.165, 1.54) is 66.7 Å². The predicted octanol–water partition coefficient (Wildman–Crippen LogP) is 7.14. The molecule has 1 nitrogen and oxygen atoms in total. The zero-order valence-electron chi connectivity index (χ0n) is 15.1. The minimum atomic E-state index is 0.365. The number of aryl methyl sites for hydroxylation is 2. The SMILES string of the molecule is CCCCCCCCCc1ccc(Sc2ccc(O)c(C)c2)cc1. The van der Waals surface area contributed by atoms with Crippen LogP contribution < -0.4 is 0 Å². The Morgan fingerprint density at radius 1 is 0.792 bits per heavy atom. The minimum Gasteiger partial charge on any atom is -0.508 e. The van der Waals surface area contributed by atoms with Crippen LogP contribution >= 0.6 is 11.8 Å². The molecular weight excluding hydrogens is 312 g/mol. The van der Waals surface area contributed by atoms with Crippen molar-refractivity contribution >= 4 is 11.8 Å². The van der Waals surface area contributed by atoms with Crippen LogP contribution in [0.4, 0.5) is 0 Å². The summed E-state index contributed by atoms with van der Waals surface area (Å²) in [6.07, 6.45) is 10.7. The largest absolute Gasteiger partial charge is 0.508 e. The van der Waals surface area contributed by atoms with Crippen molar-refractivity contribution in [2.24, 2.45) is 0 Å². The Balaban J connectivity index is 1.73.